The van der Waals surface area contributed by atoms with E-state index in [0.717, 1.165) is 25.5 Å². The molecule has 3 heterocycles. The van der Waals surface area contributed by atoms with Gasteiger partial charge in [0.2, 0.25) is 0 Å². The molecule has 2 aromatic heterocycles. The van der Waals surface area contributed by atoms with Crippen LogP contribution < -0.4 is 0 Å². The van der Waals surface area contributed by atoms with E-state index in [1.807, 2.05) is 0 Å². The molecule has 1 aliphatic rings. The van der Waals surface area contributed by atoms with Crippen molar-refractivity contribution in [1.82, 2.24) is 19.9 Å². The van der Waals surface area contributed by atoms with Gasteiger partial charge in [-0.05, 0) is 36.3 Å². The highest BCUT2D eigenvalue weighted by atomic mass is 16.4. The summed E-state index contributed by atoms with van der Waals surface area (Å²) in [6.45, 7) is 3.45. The third-order valence-electron chi connectivity index (χ3n) is 5.53. The molecule has 0 unspecified atom stereocenters. The molecule has 0 radical (unpaired) electrons. The number of hydrogen-bond acceptors (Lipinski definition) is 4. The first-order valence-corrected chi connectivity index (χ1v) is 9.52. The number of benzene rings is 1. The minimum Gasteiger partial charge on any atom is -0.476 e. The molecule has 0 saturated carbocycles. The second kappa shape index (κ2) is 7.42. The minimum atomic E-state index is -1.16. The van der Waals surface area contributed by atoms with E-state index in [0.29, 0.717) is 19.0 Å². The number of piperidine rings is 1. The molecule has 28 heavy (non-hydrogen) atoms. The summed E-state index contributed by atoms with van der Waals surface area (Å²) in [5.74, 6) is -0.947. The van der Waals surface area contributed by atoms with Gasteiger partial charge in [-0.1, -0.05) is 25.1 Å². The number of aromatic nitrogens is 3. The van der Waals surface area contributed by atoms with Crippen LogP contribution in [0.1, 0.15) is 57.8 Å². The number of carboxylic acid groups (broad SMARTS) is 1. The minimum absolute atomic E-state index is 0.166. The second-order valence-corrected chi connectivity index (χ2v) is 7.10. The van der Waals surface area contributed by atoms with Crippen molar-refractivity contribution >= 4 is 22.8 Å². The zero-order valence-electron chi connectivity index (χ0n) is 15.7. The van der Waals surface area contributed by atoms with E-state index in [4.69, 9.17) is 5.11 Å². The van der Waals surface area contributed by atoms with E-state index in [-0.39, 0.29) is 17.3 Å². The van der Waals surface area contributed by atoms with Crippen LogP contribution in [0.2, 0.25) is 0 Å². The highest BCUT2D eigenvalue weighted by molar-refractivity contribution is 5.93. The first-order valence-electron chi connectivity index (χ1n) is 9.52. The van der Waals surface area contributed by atoms with Crippen LogP contribution in [0.15, 0.2) is 36.8 Å². The third kappa shape index (κ3) is 3.24. The van der Waals surface area contributed by atoms with Crippen LogP contribution in [0.3, 0.4) is 0 Å². The standard InChI is InChI=1S/C21H22N4O3/c1-2-13-4-3-5-15-16(10-24-19(13)15)14-6-8-25(9-7-14)20(26)17-11-23-18(12-22-17)21(27)28/h3-5,10-12,14,24H,2,6-9H2,1H3,(H,27,28). The Morgan fingerprint density at radius 1 is 1.18 bits per heavy atom. The Morgan fingerprint density at radius 2 is 1.89 bits per heavy atom. The largest absolute Gasteiger partial charge is 0.476 e. The fraction of sp³-hybridized carbons (Fsp3) is 0.333. The Labute approximate surface area is 162 Å². The van der Waals surface area contributed by atoms with Gasteiger partial charge in [-0.25, -0.2) is 14.8 Å². The van der Waals surface area contributed by atoms with Gasteiger partial charge in [0.15, 0.2) is 5.69 Å². The number of para-hydroxylation sites is 1. The number of fused-ring (bicyclic) bond motifs is 1. The molecule has 1 aromatic carbocycles. The molecule has 1 amide bonds. The molecule has 1 fully saturated rings. The van der Waals surface area contributed by atoms with Gasteiger partial charge in [0, 0.05) is 30.2 Å². The van der Waals surface area contributed by atoms with E-state index >= 15 is 0 Å². The number of hydrogen-bond donors (Lipinski definition) is 2. The summed E-state index contributed by atoms with van der Waals surface area (Å²) in [4.78, 5) is 36.5. The number of carbonyl (C=O) groups is 2. The molecule has 1 saturated heterocycles. The number of aryl methyl sites for hydroxylation is 1. The molecule has 0 atom stereocenters. The van der Waals surface area contributed by atoms with Gasteiger partial charge in [0.1, 0.15) is 5.69 Å². The van der Waals surface area contributed by atoms with Crippen LogP contribution in [0, 0.1) is 0 Å². The highest BCUT2D eigenvalue weighted by Crippen LogP contribution is 2.34. The van der Waals surface area contributed by atoms with E-state index in [1.54, 1.807) is 4.90 Å². The normalized spacial score (nSPS) is 15.1. The fourth-order valence-corrected chi connectivity index (χ4v) is 3.98. The summed E-state index contributed by atoms with van der Waals surface area (Å²) in [6.07, 6.45) is 7.24. The molecular weight excluding hydrogens is 356 g/mol. The number of likely N-dealkylation sites (tertiary alicyclic amines) is 1. The Kier molecular flexibility index (Phi) is 4.81. The van der Waals surface area contributed by atoms with Crippen molar-refractivity contribution < 1.29 is 14.7 Å². The summed E-state index contributed by atoms with van der Waals surface area (Å²) >= 11 is 0. The highest BCUT2D eigenvalue weighted by Gasteiger charge is 2.27. The van der Waals surface area contributed by atoms with E-state index in [1.165, 1.54) is 28.2 Å². The number of carboxylic acids is 1. The molecular formula is C21H22N4O3. The number of H-pyrrole nitrogens is 1. The van der Waals surface area contributed by atoms with Gasteiger partial charge < -0.3 is 15.0 Å². The van der Waals surface area contributed by atoms with E-state index < -0.39 is 5.97 Å². The van der Waals surface area contributed by atoms with Gasteiger partial charge >= 0.3 is 5.97 Å². The van der Waals surface area contributed by atoms with Crippen LogP contribution in [-0.4, -0.2) is 49.9 Å². The molecule has 0 bridgehead atoms. The van der Waals surface area contributed by atoms with Gasteiger partial charge in [0.05, 0.1) is 12.4 Å². The summed E-state index contributed by atoms with van der Waals surface area (Å²) in [6, 6.07) is 6.43. The molecule has 0 spiro atoms. The monoisotopic (exact) mass is 378 g/mol. The van der Waals surface area contributed by atoms with Gasteiger partial charge in [-0.2, -0.15) is 0 Å². The number of carbonyl (C=O) groups excluding carboxylic acids is 1. The lowest BCUT2D eigenvalue weighted by molar-refractivity contribution is 0.0679. The first-order chi connectivity index (χ1) is 13.6. The Bertz CT molecular complexity index is 1020. The van der Waals surface area contributed by atoms with Crippen LogP contribution in [0.5, 0.6) is 0 Å². The molecule has 3 aromatic rings. The molecule has 4 rings (SSSR count). The average Bonchev–Trinajstić information content (AvgIpc) is 3.17. The number of nitrogens with zero attached hydrogens (tertiary/aromatic N) is 3. The average molecular weight is 378 g/mol. The predicted molar refractivity (Wildman–Crippen MR) is 105 cm³/mol. The van der Waals surface area contributed by atoms with E-state index in [2.05, 4.69) is 46.3 Å². The SMILES string of the molecule is CCc1cccc2c(C3CCN(C(=O)c4cnc(C(=O)O)cn4)CC3)c[nH]c12. The van der Waals surface area contributed by atoms with Crippen molar-refractivity contribution in [3.05, 3.63) is 59.3 Å². The maximum absolute atomic E-state index is 12.6. The topological polar surface area (TPSA) is 99.2 Å². The van der Waals surface area contributed by atoms with Crippen LogP contribution >= 0.6 is 0 Å². The molecule has 7 heteroatoms. The maximum atomic E-state index is 12.6. The molecule has 0 aliphatic carbocycles. The van der Waals surface area contributed by atoms with Crippen molar-refractivity contribution in [2.24, 2.45) is 0 Å². The number of aromatic carboxylic acids is 1. The quantitative estimate of drug-likeness (QED) is 0.726. The summed E-state index contributed by atoms with van der Waals surface area (Å²) in [7, 11) is 0. The Hall–Kier alpha value is -3.22. The Balaban J connectivity index is 1.46. The summed E-state index contributed by atoms with van der Waals surface area (Å²) in [5, 5.41) is 10.2. The third-order valence-corrected chi connectivity index (χ3v) is 5.53. The van der Waals surface area contributed by atoms with Crippen molar-refractivity contribution in [2.75, 3.05) is 13.1 Å². The van der Waals surface area contributed by atoms with Gasteiger partial charge in [-0.3, -0.25) is 4.79 Å². The predicted octanol–water partition coefficient (Wildman–Crippen LogP) is 3.24. The first kappa shape index (κ1) is 18.2. The van der Waals surface area contributed by atoms with Gasteiger partial charge in [0.25, 0.3) is 5.91 Å². The fourth-order valence-electron chi connectivity index (χ4n) is 3.98. The van der Waals surface area contributed by atoms with E-state index in [9.17, 15) is 9.59 Å². The van der Waals surface area contributed by atoms with Crippen LogP contribution in [0.25, 0.3) is 10.9 Å². The number of amides is 1. The van der Waals surface area contributed by atoms with Crippen molar-refractivity contribution in [1.29, 1.82) is 0 Å². The summed E-state index contributed by atoms with van der Waals surface area (Å²) < 4.78 is 0. The van der Waals surface area contributed by atoms with Crippen molar-refractivity contribution in [2.45, 2.75) is 32.1 Å². The maximum Gasteiger partial charge on any atom is 0.356 e. The number of rotatable bonds is 4. The molecule has 2 N–H and O–H groups in total. The lowest BCUT2D eigenvalue weighted by Gasteiger charge is -2.31. The zero-order valence-corrected chi connectivity index (χ0v) is 15.7. The zero-order chi connectivity index (χ0) is 19.7. The lowest BCUT2D eigenvalue weighted by Crippen LogP contribution is -2.38. The number of nitrogens with one attached hydrogen (secondary N) is 1. The molecule has 7 nitrogen and oxygen atoms in total. The molecule has 144 valence electrons. The van der Waals surface area contributed by atoms with Crippen molar-refractivity contribution in [3.63, 3.8) is 0 Å². The van der Waals surface area contributed by atoms with Crippen LogP contribution in [0.4, 0.5) is 0 Å². The molecule has 1 aliphatic heterocycles. The van der Waals surface area contributed by atoms with Gasteiger partial charge in [-0.15, -0.1) is 0 Å². The smallest absolute Gasteiger partial charge is 0.356 e. The lowest BCUT2D eigenvalue weighted by atomic mass is 9.88. The summed E-state index contributed by atoms with van der Waals surface area (Å²) in [5.41, 5.74) is 3.87. The number of aromatic amines is 1. The second-order valence-electron chi connectivity index (χ2n) is 7.10. The van der Waals surface area contributed by atoms with Crippen LogP contribution in [-0.2, 0) is 6.42 Å². The van der Waals surface area contributed by atoms with Crippen molar-refractivity contribution in [3.8, 4) is 0 Å². The Morgan fingerprint density at radius 3 is 2.54 bits per heavy atom.